The van der Waals surface area contributed by atoms with Gasteiger partial charge >= 0.3 is 0 Å². The summed E-state index contributed by atoms with van der Waals surface area (Å²) >= 11 is 0. The molecule has 1 aromatic rings. The monoisotopic (exact) mass is 265 g/mol. The van der Waals surface area contributed by atoms with Crippen LogP contribution in [0.4, 0.5) is 5.82 Å². The van der Waals surface area contributed by atoms with Gasteiger partial charge in [-0.05, 0) is 25.2 Å². The van der Waals surface area contributed by atoms with E-state index in [-0.39, 0.29) is 11.3 Å². The Labute approximate surface area is 113 Å². The fourth-order valence-electron chi connectivity index (χ4n) is 2.96. The Balaban J connectivity index is 2.44. The molecule has 1 aliphatic rings. The van der Waals surface area contributed by atoms with E-state index in [4.69, 9.17) is 10.9 Å². The van der Waals surface area contributed by atoms with E-state index in [0.717, 1.165) is 36.6 Å². The van der Waals surface area contributed by atoms with Gasteiger partial charge in [0, 0.05) is 20.1 Å². The lowest BCUT2D eigenvalue weighted by molar-refractivity contribution is 0.290. The van der Waals surface area contributed by atoms with E-state index in [9.17, 15) is 0 Å². The molecule has 6 heteroatoms. The van der Waals surface area contributed by atoms with Crippen molar-refractivity contribution >= 4 is 11.7 Å². The number of aryl methyl sites for hydroxylation is 2. The van der Waals surface area contributed by atoms with Crippen LogP contribution in [0.3, 0.4) is 0 Å². The van der Waals surface area contributed by atoms with Crippen LogP contribution >= 0.6 is 0 Å². The van der Waals surface area contributed by atoms with Gasteiger partial charge in [0.1, 0.15) is 5.82 Å². The molecule has 1 aromatic heterocycles. The fourth-order valence-corrected chi connectivity index (χ4v) is 2.96. The molecule has 1 saturated heterocycles. The molecular formula is C13H23N5O. The van der Waals surface area contributed by atoms with Crippen molar-refractivity contribution in [2.45, 2.75) is 33.6 Å². The van der Waals surface area contributed by atoms with Gasteiger partial charge in [0.25, 0.3) is 0 Å². The van der Waals surface area contributed by atoms with Crippen molar-refractivity contribution in [3.63, 3.8) is 0 Å². The Morgan fingerprint density at radius 3 is 2.74 bits per heavy atom. The van der Waals surface area contributed by atoms with E-state index in [2.05, 4.69) is 29.0 Å². The average molecular weight is 265 g/mol. The minimum atomic E-state index is 0.129. The summed E-state index contributed by atoms with van der Waals surface area (Å²) < 4.78 is 1.82. The smallest absolute Gasteiger partial charge is 0.175 e. The highest BCUT2D eigenvalue weighted by Gasteiger charge is 2.30. The second-order valence-electron chi connectivity index (χ2n) is 6.08. The van der Waals surface area contributed by atoms with Crippen molar-refractivity contribution in [2.75, 3.05) is 18.0 Å². The van der Waals surface area contributed by atoms with E-state index in [1.165, 1.54) is 6.42 Å². The second-order valence-corrected chi connectivity index (χ2v) is 6.08. The quantitative estimate of drug-likeness (QED) is 0.367. The predicted molar refractivity (Wildman–Crippen MR) is 75.7 cm³/mol. The minimum absolute atomic E-state index is 0.129. The largest absolute Gasteiger partial charge is 0.409 e. The van der Waals surface area contributed by atoms with Crippen LogP contribution in [-0.4, -0.2) is 33.9 Å². The van der Waals surface area contributed by atoms with Gasteiger partial charge in [0.2, 0.25) is 0 Å². The zero-order valence-corrected chi connectivity index (χ0v) is 12.1. The van der Waals surface area contributed by atoms with Crippen LogP contribution in [0.15, 0.2) is 5.16 Å². The number of nitrogens with zero attached hydrogens (tertiary/aromatic N) is 4. The molecule has 0 bridgehead atoms. The SMILES string of the molecule is Cc1nn(C)c(N2CCCC(C)(C)C2)c1C(N)=NO. The lowest BCUT2D eigenvalue weighted by Crippen LogP contribution is -2.41. The third-order valence-electron chi connectivity index (χ3n) is 3.76. The first-order valence-corrected chi connectivity index (χ1v) is 6.62. The Morgan fingerprint density at radius 2 is 2.16 bits per heavy atom. The Morgan fingerprint density at radius 1 is 1.47 bits per heavy atom. The van der Waals surface area contributed by atoms with Crippen LogP contribution in [0.5, 0.6) is 0 Å². The van der Waals surface area contributed by atoms with Crippen molar-refractivity contribution in [1.82, 2.24) is 9.78 Å². The van der Waals surface area contributed by atoms with Crippen LogP contribution in [0.25, 0.3) is 0 Å². The van der Waals surface area contributed by atoms with Crippen molar-refractivity contribution in [3.05, 3.63) is 11.3 Å². The zero-order chi connectivity index (χ0) is 14.2. The van der Waals surface area contributed by atoms with Gasteiger partial charge in [-0.3, -0.25) is 4.68 Å². The van der Waals surface area contributed by atoms with Gasteiger partial charge in [-0.15, -0.1) is 0 Å². The summed E-state index contributed by atoms with van der Waals surface area (Å²) in [5.41, 5.74) is 7.61. The first-order chi connectivity index (χ1) is 8.85. The third kappa shape index (κ3) is 2.52. The highest BCUT2D eigenvalue weighted by Crippen LogP contribution is 2.33. The van der Waals surface area contributed by atoms with E-state index in [0.29, 0.717) is 0 Å². The summed E-state index contributed by atoms with van der Waals surface area (Å²) in [6, 6.07) is 0. The van der Waals surface area contributed by atoms with Crippen LogP contribution in [0.1, 0.15) is 37.9 Å². The number of anilines is 1. The highest BCUT2D eigenvalue weighted by atomic mass is 16.4. The maximum absolute atomic E-state index is 8.95. The maximum atomic E-state index is 8.95. The Hall–Kier alpha value is -1.72. The van der Waals surface area contributed by atoms with Gasteiger partial charge in [-0.2, -0.15) is 5.10 Å². The highest BCUT2D eigenvalue weighted by molar-refractivity contribution is 6.02. The number of hydrogen-bond donors (Lipinski definition) is 2. The van der Waals surface area contributed by atoms with Gasteiger partial charge < -0.3 is 15.8 Å². The second kappa shape index (κ2) is 4.75. The summed E-state index contributed by atoms with van der Waals surface area (Å²) in [6.45, 7) is 8.36. The number of aromatic nitrogens is 2. The molecule has 0 radical (unpaired) electrons. The number of amidine groups is 1. The zero-order valence-electron chi connectivity index (χ0n) is 12.1. The average Bonchev–Trinajstić information content (AvgIpc) is 2.62. The molecule has 1 aliphatic heterocycles. The molecule has 2 heterocycles. The molecule has 0 amide bonds. The van der Waals surface area contributed by atoms with Crippen molar-refractivity contribution in [2.24, 2.45) is 23.4 Å². The standard InChI is InChI=1S/C13H23N5O/c1-9-10(11(14)16-19)12(17(4)15-9)18-7-5-6-13(2,3)8-18/h19H,5-8H2,1-4H3,(H2,14,16). The van der Waals surface area contributed by atoms with Gasteiger partial charge in [0.05, 0.1) is 11.3 Å². The topological polar surface area (TPSA) is 79.7 Å². The third-order valence-corrected chi connectivity index (χ3v) is 3.76. The molecule has 0 saturated carbocycles. The van der Waals surface area contributed by atoms with Gasteiger partial charge in [-0.25, -0.2) is 0 Å². The molecule has 19 heavy (non-hydrogen) atoms. The summed E-state index contributed by atoms with van der Waals surface area (Å²) in [7, 11) is 1.90. The first-order valence-electron chi connectivity index (χ1n) is 6.62. The molecule has 2 rings (SSSR count). The van der Waals surface area contributed by atoms with Crippen LogP contribution in [0.2, 0.25) is 0 Å². The van der Waals surface area contributed by atoms with Crippen LogP contribution in [-0.2, 0) is 7.05 Å². The Kier molecular flexibility index (Phi) is 3.43. The summed E-state index contributed by atoms with van der Waals surface area (Å²) in [4.78, 5) is 2.29. The van der Waals surface area contributed by atoms with Gasteiger partial charge in [-0.1, -0.05) is 19.0 Å². The summed E-state index contributed by atoms with van der Waals surface area (Å²) in [6.07, 6.45) is 2.37. The fraction of sp³-hybridized carbons (Fsp3) is 0.692. The molecule has 1 fully saturated rings. The molecule has 0 atom stereocenters. The number of oxime groups is 1. The summed E-state index contributed by atoms with van der Waals surface area (Å²) in [5.74, 6) is 1.07. The molecule has 0 unspecified atom stereocenters. The van der Waals surface area contributed by atoms with E-state index in [1.54, 1.807) is 0 Å². The van der Waals surface area contributed by atoms with E-state index >= 15 is 0 Å². The lowest BCUT2D eigenvalue weighted by atomic mass is 9.84. The number of piperidine rings is 1. The van der Waals surface area contributed by atoms with Crippen LogP contribution < -0.4 is 10.6 Å². The molecule has 106 valence electrons. The van der Waals surface area contributed by atoms with Crippen LogP contribution in [0, 0.1) is 12.3 Å². The maximum Gasteiger partial charge on any atom is 0.175 e. The number of rotatable bonds is 2. The molecule has 0 aromatic carbocycles. The van der Waals surface area contributed by atoms with E-state index < -0.39 is 0 Å². The lowest BCUT2D eigenvalue weighted by Gasteiger charge is -2.39. The molecule has 6 nitrogen and oxygen atoms in total. The molecular weight excluding hydrogens is 242 g/mol. The first kappa shape index (κ1) is 13.7. The number of nitrogens with two attached hydrogens (primary N) is 1. The van der Waals surface area contributed by atoms with Crippen molar-refractivity contribution in [3.8, 4) is 0 Å². The van der Waals surface area contributed by atoms with Crippen molar-refractivity contribution < 1.29 is 5.21 Å². The van der Waals surface area contributed by atoms with E-state index in [1.807, 2.05) is 18.7 Å². The Bertz CT molecular complexity index is 503. The number of hydrogen-bond acceptors (Lipinski definition) is 4. The molecule has 0 spiro atoms. The minimum Gasteiger partial charge on any atom is -0.409 e. The molecule has 0 aliphatic carbocycles. The van der Waals surface area contributed by atoms with Gasteiger partial charge in [0.15, 0.2) is 5.84 Å². The normalized spacial score (nSPS) is 19.8. The predicted octanol–water partition coefficient (Wildman–Crippen LogP) is 1.45. The van der Waals surface area contributed by atoms with Crippen molar-refractivity contribution in [1.29, 1.82) is 0 Å². The summed E-state index contributed by atoms with van der Waals surface area (Å²) in [5, 5.41) is 16.5. The molecule has 3 N–H and O–H groups in total.